The highest BCUT2D eigenvalue weighted by Crippen LogP contribution is 2.03. The number of nitrogens with one attached hydrogen (secondary N) is 2. The predicted molar refractivity (Wildman–Crippen MR) is 76.9 cm³/mol. The maximum Gasteiger partial charge on any atom is 0.317 e. The largest absolute Gasteiger partial charge is 0.481 e. The van der Waals surface area contributed by atoms with Crippen LogP contribution in [0.15, 0.2) is 0 Å². The summed E-state index contributed by atoms with van der Waals surface area (Å²) in [5.41, 5.74) is 0. The van der Waals surface area contributed by atoms with E-state index >= 15 is 0 Å². The fourth-order valence-electron chi connectivity index (χ4n) is 1.50. The van der Waals surface area contributed by atoms with Crippen LogP contribution >= 0.6 is 0 Å². The lowest BCUT2D eigenvalue weighted by molar-refractivity contribution is -0.137. The van der Waals surface area contributed by atoms with Crippen molar-refractivity contribution in [3.63, 3.8) is 0 Å². The summed E-state index contributed by atoms with van der Waals surface area (Å²) in [6.45, 7) is 3.02. The van der Waals surface area contributed by atoms with Gasteiger partial charge in [0, 0.05) is 33.7 Å². The van der Waals surface area contributed by atoms with Crippen LogP contribution in [0, 0.1) is 5.92 Å². The van der Waals surface area contributed by atoms with E-state index in [1.54, 1.807) is 0 Å². The van der Waals surface area contributed by atoms with Gasteiger partial charge in [0.1, 0.15) is 6.54 Å². The van der Waals surface area contributed by atoms with Crippen LogP contribution in [0.2, 0.25) is 0 Å². The number of carboxylic acid groups (broad SMARTS) is 1. The lowest BCUT2D eigenvalue weighted by Crippen LogP contribution is -2.44. The number of nitrogens with zero attached hydrogens (tertiary/aromatic N) is 1. The van der Waals surface area contributed by atoms with Gasteiger partial charge in [0.15, 0.2) is 0 Å². The summed E-state index contributed by atoms with van der Waals surface area (Å²) < 4.78 is 4.80. The quantitative estimate of drug-likeness (QED) is 0.488. The molecule has 0 aliphatic rings. The van der Waals surface area contributed by atoms with Crippen molar-refractivity contribution >= 4 is 17.9 Å². The molecule has 0 spiro atoms. The molecule has 1 atom stereocenters. The summed E-state index contributed by atoms with van der Waals surface area (Å²) in [4.78, 5) is 34.9. The van der Waals surface area contributed by atoms with E-state index in [1.165, 1.54) is 19.1 Å². The van der Waals surface area contributed by atoms with E-state index < -0.39 is 5.97 Å². The molecule has 3 amide bonds. The van der Waals surface area contributed by atoms with E-state index in [1.807, 2.05) is 6.92 Å². The number of hydrogen-bond donors (Lipinski definition) is 3. The predicted octanol–water partition coefficient (Wildman–Crippen LogP) is -0.109. The number of carbonyl (C=O) groups excluding carboxylic acids is 2. The molecule has 21 heavy (non-hydrogen) atoms. The maximum absolute atomic E-state index is 11.7. The number of carbonyl (C=O) groups is 3. The Morgan fingerprint density at radius 3 is 2.52 bits per heavy atom. The fourth-order valence-corrected chi connectivity index (χ4v) is 1.50. The van der Waals surface area contributed by atoms with Crippen LogP contribution in [0.3, 0.4) is 0 Å². The average Bonchev–Trinajstić information content (AvgIpc) is 2.42. The van der Waals surface area contributed by atoms with Gasteiger partial charge in [-0.3, -0.25) is 9.59 Å². The van der Waals surface area contributed by atoms with Crippen LogP contribution in [0.4, 0.5) is 4.79 Å². The monoisotopic (exact) mass is 303 g/mol. The van der Waals surface area contributed by atoms with Gasteiger partial charge in [0.2, 0.25) is 5.91 Å². The minimum Gasteiger partial charge on any atom is -0.481 e. The Labute approximate surface area is 124 Å². The fraction of sp³-hybridized carbons (Fsp3) is 0.769. The second kappa shape index (κ2) is 10.9. The number of rotatable bonds is 10. The first-order chi connectivity index (χ1) is 9.86. The Bertz CT molecular complexity index is 349. The van der Waals surface area contributed by atoms with Crippen molar-refractivity contribution in [1.29, 1.82) is 0 Å². The minimum absolute atomic E-state index is 0.0426. The normalized spacial score (nSPS) is 11.6. The van der Waals surface area contributed by atoms with Gasteiger partial charge in [-0.15, -0.1) is 0 Å². The highest BCUT2D eigenvalue weighted by Gasteiger charge is 2.13. The third-order valence-electron chi connectivity index (χ3n) is 2.81. The first kappa shape index (κ1) is 19.2. The molecule has 8 nitrogen and oxygen atoms in total. The first-order valence-electron chi connectivity index (χ1n) is 6.83. The molecule has 1 unspecified atom stereocenters. The van der Waals surface area contributed by atoms with Crippen molar-refractivity contribution in [3.8, 4) is 0 Å². The van der Waals surface area contributed by atoms with E-state index in [4.69, 9.17) is 9.84 Å². The molecule has 0 saturated carbocycles. The van der Waals surface area contributed by atoms with Gasteiger partial charge >= 0.3 is 12.0 Å². The molecular formula is C13H25N3O5. The molecule has 0 fully saturated rings. The molecule has 0 radical (unpaired) electrons. The summed E-state index contributed by atoms with van der Waals surface area (Å²) in [5.74, 6) is -1.05. The zero-order valence-electron chi connectivity index (χ0n) is 12.8. The summed E-state index contributed by atoms with van der Waals surface area (Å²) in [5, 5.41) is 13.9. The van der Waals surface area contributed by atoms with Crippen molar-refractivity contribution in [2.45, 2.75) is 19.8 Å². The van der Waals surface area contributed by atoms with E-state index in [0.717, 1.165) is 0 Å². The maximum atomic E-state index is 11.7. The Morgan fingerprint density at radius 2 is 1.95 bits per heavy atom. The number of urea groups is 1. The van der Waals surface area contributed by atoms with Gasteiger partial charge in [-0.05, 0) is 12.3 Å². The van der Waals surface area contributed by atoms with Crippen molar-refractivity contribution in [1.82, 2.24) is 15.5 Å². The molecule has 0 saturated heterocycles. The van der Waals surface area contributed by atoms with Gasteiger partial charge in [0.05, 0.1) is 6.61 Å². The van der Waals surface area contributed by atoms with Crippen LogP contribution < -0.4 is 10.6 Å². The Hall–Kier alpha value is -1.83. The smallest absolute Gasteiger partial charge is 0.317 e. The summed E-state index contributed by atoms with van der Waals surface area (Å²) in [6, 6.07) is -0.362. The molecule has 0 aliphatic carbocycles. The Balaban J connectivity index is 3.88. The lowest BCUT2D eigenvalue weighted by atomic mass is 10.1. The topological polar surface area (TPSA) is 108 Å². The zero-order valence-corrected chi connectivity index (χ0v) is 12.8. The number of hydrogen-bond acceptors (Lipinski definition) is 4. The summed E-state index contributed by atoms with van der Waals surface area (Å²) in [6.07, 6.45) is 0.575. The van der Waals surface area contributed by atoms with Gasteiger partial charge in [0.25, 0.3) is 0 Å². The molecule has 0 aliphatic heterocycles. The second-order valence-corrected chi connectivity index (χ2v) is 4.92. The third kappa shape index (κ3) is 10.6. The average molecular weight is 303 g/mol. The van der Waals surface area contributed by atoms with Crippen LogP contribution in [-0.4, -0.2) is 68.3 Å². The SMILES string of the molecule is COCCNC(=O)CN(C)C(=O)NCC(C)CCC(=O)O. The molecule has 3 N–H and O–H groups in total. The van der Waals surface area contributed by atoms with Gasteiger partial charge in [-0.2, -0.15) is 0 Å². The molecule has 122 valence electrons. The standard InChI is InChI=1S/C13H25N3O5/c1-10(4-5-12(18)19)8-15-13(20)16(2)9-11(17)14-6-7-21-3/h10H,4-9H2,1-3H3,(H,14,17)(H,15,20)(H,18,19). The molecule has 0 aromatic heterocycles. The van der Waals surface area contributed by atoms with Crippen molar-refractivity contribution < 1.29 is 24.2 Å². The van der Waals surface area contributed by atoms with Gasteiger partial charge < -0.3 is 25.4 Å². The van der Waals surface area contributed by atoms with Gasteiger partial charge in [-0.1, -0.05) is 6.92 Å². The van der Waals surface area contributed by atoms with Crippen LogP contribution in [-0.2, 0) is 14.3 Å². The molecule has 0 heterocycles. The molecule has 0 aromatic rings. The zero-order chi connectivity index (χ0) is 16.3. The van der Waals surface area contributed by atoms with Crippen LogP contribution in [0.5, 0.6) is 0 Å². The van der Waals surface area contributed by atoms with Crippen molar-refractivity contribution in [2.75, 3.05) is 40.4 Å². The number of methoxy groups -OCH3 is 1. The first-order valence-corrected chi connectivity index (χ1v) is 6.83. The van der Waals surface area contributed by atoms with Crippen LogP contribution in [0.25, 0.3) is 0 Å². The highest BCUT2D eigenvalue weighted by molar-refractivity contribution is 5.83. The highest BCUT2D eigenvalue weighted by atomic mass is 16.5. The molecule has 0 aromatic carbocycles. The van der Waals surface area contributed by atoms with E-state index in [0.29, 0.717) is 26.1 Å². The molecular weight excluding hydrogens is 278 g/mol. The Morgan fingerprint density at radius 1 is 1.29 bits per heavy atom. The number of carboxylic acids is 1. The minimum atomic E-state index is -0.849. The number of ether oxygens (including phenoxy) is 1. The number of amides is 3. The van der Waals surface area contributed by atoms with E-state index in [2.05, 4.69) is 10.6 Å². The van der Waals surface area contributed by atoms with Gasteiger partial charge in [-0.25, -0.2) is 4.79 Å². The third-order valence-corrected chi connectivity index (χ3v) is 2.81. The summed E-state index contributed by atoms with van der Waals surface area (Å²) >= 11 is 0. The van der Waals surface area contributed by atoms with Crippen LogP contribution in [0.1, 0.15) is 19.8 Å². The van der Waals surface area contributed by atoms with Crippen molar-refractivity contribution in [2.24, 2.45) is 5.92 Å². The number of likely N-dealkylation sites (N-methyl/N-ethyl adjacent to an activating group) is 1. The van der Waals surface area contributed by atoms with E-state index in [-0.39, 0.29) is 30.8 Å². The molecule has 0 rings (SSSR count). The molecule has 8 heteroatoms. The number of aliphatic carboxylic acids is 1. The summed E-state index contributed by atoms with van der Waals surface area (Å²) in [7, 11) is 3.06. The van der Waals surface area contributed by atoms with E-state index in [9.17, 15) is 14.4 Å². The van der Waals surface area contributed by atoms with Crippen molar-refractivity contribution in [3.05, 3.63) is 0 Å². The Kier molecular flexibility index (Phi) is 9.95. The molecule has 0 bridgehead atoms. The second-order valence-electron chi connectivity index (χ2n) is 4.92. The lowest BCUT2D eigenvalue weighted by Gasteiger charge is -2.19.